The minimum absolute atomic E-state index is 0.0819. The van der Waals surface area contributed by atoms with Crippen LogP contribution in [0.2, 0.25) is 0 Å². The summed E-state index contributed by atoms with van der Waals surface area (Å²) in [5.41, 5.74) is 4.24. The molecule has 0 saturated carbocycles. The number of methoxy groups -OCH3 is 1. The Morgan fingerprint density at radius 1 is 0.821 bits per heavy atom. The number of ether oxygens (including phenoxy) is 1. The molecule has 0 saturated heterocycles. The van der Waals surface area contributed by atoms with Gasteiger partial charge in [-0.1, -0.05) is 54.6 Å². The lowest BCUT2D eigenvalue weighted by Gasteiger charge is -2.21. The summed E-state index contributed by atoms with van der Waals surface area (Å²) in [6, 6.07) is 24.3. The molecule has 138 valence electrons. The molecule has 1 aliphatic heterocycles. The number of nitrogens with zero attached hydrogens (tertiary/aromatic N) is 1. The van der Waals surface area contributed by atoms with Crippen molar-refractivity contribution in [2.24, 2.45) is 0 Å². The number of benzene rings is 3. The van der Waals surface area contributed by atoms with Gasteiger partial charge in [0, 0.05) is 26.0 Å². The highest BCUT2D eigenvalue weighted by Crippen LogP contribution is 2.44. The molecule has 0 aromatic heterocycles. The Labute approximate surface area is 176 Å². The number of fused-ring (bicyclic) bond motifs is 1. The minimum Gasteiger partial charge on any atom is -0.465 e. The number of rotatable bonds is 3. The molecule has 0 bridgehead atoms. The van der Waals surface area contributed by atoms with Crippen LogP contribution in [0.4, 0.5) is 5.69 Å². The lowest BCUT2D eigenvalue weighted by molar-refractivity contribution is 0.0600. The average molecular weight is 481 g/mol. The summed E-state index contributed by atoms with van der Waals surface area (Å²) in [5, 5.41) is 0. The van der Waals surface area contributed by atoms with Gasteiger partial charge in [-0.15, -0.1) is 0 Å². The fourth-order valence-corrected chi connectivity index (χ4v) is 4.35. The van der Waals surface area contributed by atoms with Crippen LogP contribution in [0.1, 0.15) is 31.8 Å². The van der Waals surface area contributed by atoms with Gasteiger partial charge in [0.05, 0.1) is 18.4 Å². The third-order valence-electron chi connectivity index (χ3n) is 4.63. The van der Waals surface area contributed by atoms with Crippen molar-refractivity contribution in [1.82, 2.24) is 0 Å². The van der Waals surface area contributed by atoms with Crippen molar-refractivity contribution in [2.75, 3.05) is 12.0 Å². The number of carbonyl (C=O) groups excluding carboxylic acids is 2. The fraction of sp³-hybridized carbons (Fsp3) is 0.0435. The summed E-state index contributed by atoms with van der Waals surface area (Å²) in [6.07, 6.45) is 0. The van der Waals surface area contributed by atoms with Crippen molar-refractivity contribution in [3.8, 4) is 0 Å². The Hall–Kier alpha value is -2.93. The Bertz CT molecular complexity index is 1110. The normalized spacial score (nSPS) is 14.6. The first-order valence-corrected chi connectivity index (χ1v) is 9.77. The van der Waals surface area contributed by atoms with Crippen molar-refractivity contribution in [3.05, 3.63) is 101 Å². The molecule has 3 aromatic rings. The zero-order valence-electron chi connectivity index (χ0n) is 15.1. The number of amides is 1. The van der Waals surface area contributed by atoms with E-state index in [0.717, 1.165) is 26.1 Å². The molecule has 0 unspecified atom stereocenters. The van der Waals surface area contributed by atoms with Crippen LogP contribution in [-0.4, -0.2) is 19.0 Å². The second kappa shape index (κ2) is 7.59. The SMILES string of the molecule is COC(=O)c1ccccc1/C(I)=C1/c2ccccc2C(=O)N1c1ccccc1. The maximum absolute atomic E-state index is 13.2. The van der Waals surface area contributed by atoms with Crippen molar-refractivity contribution >= 4 is 49.4 Å². The van der Waals surface area contributed by atoms with E-state index in [1.165, 1.54) is 7.11 Å². The highest BCUT2D eigenvalue weighted by molar-refractivity contribution is 14.1. The molecule has 1 aliphatic rings. The number of hydrogen-bond acceptors (Lipinski definition) is 3. The van der Waals surface area contributed by atoms with Crippen LogP contribution in [0.5, 0.6) is 0 Å². The summed E-state index contributed by atoms with van der Waals surface area (Å²) in [5.74, 6) is -0.490. The Kier molecular flexibility index (Phi) is 5.00. The van der Waals surface area contributed by atoms with E-state index in [0.29, 0.717) is 11.1 Å². The monoisotopic (exact) mass is 481 g/mol. The fourth-order valence-electron chi connectivity index (χ4n) is 3.35. The summed E-state index contributed by atoms with van der Waals surface area (Å²) in [4.78, 5) is 27.2. The van der Waals surface area contributed by atoms with E-state index >= 15 is 0 Å². The largest absolute Gasteiger partial charge is 0.465 e. The molecule has 0 N–H and O–H groups in total. The van der Waals surface area contributed by atoms with Crippen LogP contribution in [0.15, 0.2) is 78.9 Å². The maximum Gasteiger partial charge on any atom is 0.338 e. The van der Waals surface area contributed by atoms with Crippen LogP contribution >= 0.6 is 22.6 Å². The quantitative estimate of drug-likeness (QED) is 0.372. The summed E-state index contributed by atoms with van der Waals surface area (Å²) in [6.45, 7) is 0. The topological polar surface area (TPSA) is 46.6 Å². The van der Waals surface area contributed by atoms with E-state index < -0.39 is 5.97 Å². The molecule has 28 heavy (non-hydrogen) atoms. The van der Waals surface area contributed by atoms with Gasteiger partial charge in [-0.25, -0.2) is 4.79 Å². The molecule has 0 fully saturated rings. The van der Waals surface area contributed by atoms with E-state index in [1.807, 2.05) is 66.7 Å². The van der Waals surface area contributed by atoms with Gasteiger partial charge in [-0.05, 0) is 46.9 Å². The van der Waals surface area contributed by atoms with E-state index in [9.17, 15) is 9.59 Å². The number of esters is 1. The standard InChI is InChI=1S/C23H16INO3/c1-28-23(27)19-14-8-5-11-16(19)20(24)21-17-12-6-7-13-18(17)22(26)25(21)15-9-3-2-4-10-15/h2-14H,1H3/b21-20+. The Balaban J connectivity index is 2.00. The molecule has 0 atom stereocenters. The number of carbonyl (C=O) groups is 2. The van der Waals surface area contributed by atoms with E-state index in [2.05, 4.69) is 22.6 Å². The lowest BCUT2D eigenvalue weighted by Crippen LogP contribution is -2.22. The molecule has 3 aromatic carbocycles. The highest BCUT2D eigenvalue weighted by atomic mass is 127. The first-order valence-electron chi connectivity index (χ1n) is 8.70. The molecular weight excluding hydrogens is 465 g/mol. The summed E-state index contributed by atoms with van der Waals surface area (Å²) < 4.78 is 5.75. The zero-order chi connectivity index (χ0) is 19.7. The second-order valence-corrected chi connectivity index (χ2v) is 7.30. The first-order chi connectivity index (χ1) is 13.6. The summed E-state index contributed by atoms with van der Waals surface area (Å²) in [7, 11) is 1.36. The molecule has 4 nitrogen and oxygen atoms in total. The number of para-hydroxylation sites is 1. The number of anilines is 1. The van der Waals surface area contributed by atoms with Crippen molar-refractivity contribution in [2.45, 2.75) is 0 Å². The molecule has 5 heteroatoms. The van der Waals surface area contributed by atoms with Gasteiger partial charge in [-0.2, -0.15) is 0 Å². The zero-order valence-corrected chi connectivity index (χ0v) is 17.2. The van der Waals surface area contributed by atoms with Crippen molar-refractivity contribution in [1.29, 1.82) is 0 Å². The van der Waals surface area contributed by atoms with Crippen molar-refractivity contribution < 1.29 is 14.3 Å². The molecule has 0 radical (unpaired) electrons. The van der Waals surface area contributed by atoms with Gasteiger partial charge in [0.2, 0.25) is 0 Å². The van der Waals surface area contributed by atoms with Gasteiger partial charge < -0.3 is 4.74 Å². The molecule has 4 rings (SSSR count). The molecule has 0 aliphatic carbocycles. The van der Waals surface area contributed by atoms with E-state index in [-0.39, 0.29) is 5.91 Å². The first kappa shape index (κ1) is 18.4. The van der Waals surface area contributed by atoms with Crippen LogP contribution in [0, 0.1) is 0 Å². The van der Waals surface area contributed by atoms with Gasteiger partial charge in [0.25, 0.3) is 5.91 Å². The van der Waals surface area contributed by atoms with E-state index in [1.54, 1.807) is 17.0 Å². The van der Waals surface area contributed by atoms with Gasteiger partial charge in [-0.3, -0.25) is 9.69 Å². The smallest absolute Gasteiger partial charge is 0.338 e. The second-order valence-electron chi connectivity index (χ2n) is 6.22. The number of hydrogen-bond donors (Lipinski definition) is 0. The predicted octanol–water partition coefficient (Wildman–Crippen LogP) is 5.39. The highest BCUT2D eigenvalue weighted by Gasteiger charge is 2.35. The molecule has 1 heterocycles. The van der Waals surface area contributed by atoms with E-state index in [4.69, 9.17) is 4.74 Å². The molecule has 1 amide bonds. The number of halogens is 1. The van der Waals surface area contributed by atoms with Crippen LogP contribution in [0.25, 0.3) is 9.28 Å². The van der Waals surface area contributed by atoms with Crippen molar-refractivity contribution in [3.63, 3.8) is 0 Å². The molecule has 0 spiro atoms. The van der Waals surface area contributed by atoms with Gasteiger partial charge in [0.15, 0.2) is 0 Å². The summed E-state index contributed by atoms with van der Waals surface area (Å²) >= 11 is 2.21. The maximum atomic E-state index is 13.2. The Morgan fingerprint density at radius 3 is 2.07 bits per heavy atom. The lowest BCUT2D eigenvalue weighted by atomic mass is 10.0. The van der Waals surface area contributed by atoms with Gasteiger partial charge >= 0.3 is 5.97 Å². The average Bonchev–Trinajstić information content (AvgIpc) is 3.06. The Morgan fingerprint density at radius 2 is 1.39 bits per heavy atom. The third-order valence-corrected chi connectivity index (χ3v) is 5.72. The van der Waals surface area contributed by atoms with Crippen LogP contribution in [-0.2, 0) is 4.74 Å². The predicted molar refractivity (Wildman–Crippen MR) is 118 cm³/mol. The molecular formula is C23H16INO3. The minimum atomic E-state index is -0.408. The van der Waals surface area contributed by atoms with Gasteiger partial charge in [0.1, 0.15) is 0 Å². The van der Waals surface area contributed by atoms with Crippen LogP contribution in [0.3, 0.4) is 0 Å². The third kappa shape index (κ3) is 3.01. The van der Waals surface area contributed by atoms with Crippen LogP contribution < -0.4 is 4.90 Å².